The van der Waals surface area contributed by atoms with Gasteiger partial charge in [-0.15, -0.1) is 0 Å². The Hall–Kier alpha value is -1.19. The number of methoxy groups -OCH3 is 3. The Balaban J connectivity index is 3.02. The molecule has 0 N–H and O–H groups in total. The van der Waals surface area contributed by atoms with Gasteiger partial charge >= 0.3 is 0 Å². The maximum Gasteiger partial charge on any atom is 0.147 e. The normalized spacial score (nSPS) is 28.1. The zero-order chi connectivity index (χ0) is 16.4. The fraction of sp³-hybridized carbons (Fsp3) is 0.846. The lowest BCUT2D eigenvalue weighted by Crippen LogP contribution is -2.52. The molecule has 4 atom stereocenters. The summed E-state index contributed by atoms with van der Waals surface area (Å²) in [6, 6.07) is -0.524. The second-order valence-electron chi connectivity index (χ2n) is 4.68. The Morgan fingerprint density at radius 2 is 1.55 bits per heavy atom. The second kappa shape index (κ2) is 10.5. The molecule has 0 saturated heterocycles. The zero-order valence-corrected chi connectivity index (χ0v) is 13.3. The molecular formula is C13H23N3O6. The molecule has 1 rings (SSSR count). The molecule has 0 aromatic heterocycles. The van der Waals surface area contributed by atoms with Crippen molar-refractivity contribution in [2.75, 3.05) is 41.7 Å². The first-order valence-electron chi connectivity index (χ1n) is 6.73. The topological polar surface area (TPSA) is 104 Å². The van der Waals surface area contributed by atoms with Crippen LogP contribution >= 0.6 is 0 Å². The van der Waals surface area contributed by atoms with E-state index in [4.69, 9.17) is 34.0 Å². The highest BCUT2D eigenvalue weighted by Gasteiger charge is 2.41. The number of hydrogen-bond acceptors (Lipinski definition) is 7. The van der Waals surface area contributed by atoms with E-state index in [0.717, 1.165) is 5.57 Å². The van der Waals surface area contributed by atoms with E-state index in [9.17, 15) is 0 Å². The first-order chi connectivity index (χ1) is 10.7. The fourth-order valence-corrected chi connectivity index (χ4v) is 2.28. The molecule has 0 fully saturated rings. The molecular weight excluding hydrogens is 294 g/mol. The van der Waals surface area contributed by atoms with Crippen LogP contribution in [0.1, 0.15) is 6.92 Å². The van der Waals surface area contributed by atoms with Crippen molar-refractivity contribution in [1.29, 1.82) is 0 Å². The number of nitrogens with zero attached hydrogens (tertiary/aromatic N) is 3. The van der Waals surface area contributed by atoms with Crippen molar-refractivity contribution >= 4 is 0 Å². The Bertz CT molecular complexity index is 399. The van der Waals surface area contributed by atoms with Crippen molar-refractivity contribution < 1.29 is 28.4 Å². The first-order valence-corrected chi connectivity index (χ1v) is 6.73. The average molecular weight is 317 g/mol. The lowest BCUT2D eigenvalue weighted by molar-refractivity contribution is -0.205. The minimum absolute atomic E-state index is 0.0405. The smallest absolute Gasteiger partial charge is 0.147 e. The molecule has 0 amide bonds. The molecule has 9 heteroatoms. The van der Waals surface area contributed by atoms with Crippen molar-refractivity contribution in [1.82, 2.24) is 0 Å². The van der Waals surface area contributed by atoms with Crippen LogP contribution in [-0.2, 0) is 28.4 Å². The van der Waals surface area contributed by atoms with Crippen LogP contribution in [-0.4, -0.2) is 66.1 Å². The van der Waals surface area contributed by atoms with Crippen LogP contribution in [0, 0.1) is 0 Å². The third-order valence-electron chi connectivity index (χ3n) is 3.15. The predicted octanol–water partition coefficient (Wildman–Crippen LogP) is 1.59. The minimum atomic E-state index is -0.559. The van der Waals surface area contributed by atoms with E-state index in [1.54, 1.807) is 6.08 Å². The summed E-state index contributed by atoms with van der Waals surface area (Å²) in [5, 5.41) is 3.76. The largest absolute Gasteiger partial charge is 0.359 e. The molecule has 22 heavy (non-hydrogen) atoms. The van der Waals surface area contributed by atoms with Crippen LogP contribution in [0.25, 0.3) is 10.4 Å². The minimum Gasteiger partial charge on any atom is -0.359 e. The van der Waals surface area contributed by atoms with Gasteiger partial charge in [-0.3, -0.25) is 0 Å². The van der Waals surface area contributed by atoms with Crippen molar-refractivity contribution in [3.05, 3.63) is 22.1 Å². The lowest BCUT2D eigenvalue weighted by atomic mass is 9.88. The van der Waals surface area contributed by atoms with Gasteiger partial charge in [-0.1, -0.05) is 11.2 Å². The van der Waals surface area contributed by atoms with Crippen molar-refractivity contribution in [3.63, 3.8) is 0 Å². The third-order valence-corrected chi connectivity index (χ3v) is 3.15. The summed E-state index contributed by atoms with van der Waals surface area (Å²) in [6.07, 6.45) is 0.317. The molecule has 126 valence electrons. The molecule has 0 spiro atoms. The van der Waals surface area contributed by atoms with Crippen LogP contribution in [0.5, 0.6) is 0 Å². The Morgan fingerprint density at radius 1 is 1.00 bits per heavy atom. The summed E-state index contributed by atoms with van der Waals surface area (Å²) < 4.78 is 31.8. The molecule has 0 aromatic carbocycles. The fourth-order valence-electron chi connectivity index (χ4n) is 2.28. The molecule has 0 radical (unpaired) electrons. The maximum absolute atomic E-state index is 8.74. The van der Waals surface area contributed by atoms with Gasteiger partial charge < -0.3 is 28.4 Å². The van der Waals surface area contributed by atoms with E-state index in [1.807, 2.05) is 6.92 Å². The predicted molar refractivity (Wildman–Crippen MR) is 76.9 cm³/mol. The van der Waals surface area contributed by atoms with Crippen molar-refractivity contribution in [3.8, 4) is 0 Å². The molecule has 1 aliphatic carbocycles. The van der Waals surface area contributed by atoms with E-state index in [1.165, 1.54) is 21.3 Å². The molecule has 0 aromatic rings. The van der Waals surface area contributed by atoms with Crippen LogP contribution < -0.4 is 0 Å². The summed E-state index contributed by atoms with van der Waals surface area (Å²) in [7, 11) is 4.57. The second-order valence-corrected chi connectivity index (χ2v) is 4.68. The summed E-state index contributed by atoms with van der Waals surface area (Å²) >= 11 is 0. The van der Waals surface area contributed by atoms with Crippen LogP contribution in [0.3, 0.4) is 0 Å². The van der Waals surface area contributed by atoms with Gasteiger partial charge in [0, 0.05) is 26.2 Å². The third kappa shape index (κ3) is 5.22. The monoisotopic (exact) mass is 317 g/mol. The zero-order valence-electron chi connectivity index (χ0n) is 13.3. The number of hydrogen-bond donors (Lipinski definition) is 0. The molecule has 0 aliphatic heterocycles. The number of azide groups is 1. The maximum atomic E-state index is 8.74. The molecule has 1 aliphatic rings. The van der Waals surface area contributed by atoms with Gasteiger partial charge in [0.1, 0.15) is 38.7 Å². The van der Waals surface area contributed by atoms with Gasteiger partial charge in [0.15, 0.2) is 0 Å². The SMILES string of the molecule is COCO[C@@H]1[C@@H](OCOC)[C@@H](OCOC)C(C)=C[C@@H]1N=[N+]=[N-]. The first kappa shape index (κ1) is 18.9. The highest BCUT2D eigenvalue weighted by Crippen LogP contribution is 2.29. The number of ether oxygens (including phenoxy) is 6. The van der Waals surface area contributed by atoms with Crippen LogP contribution in [0.2, 0.25) is 0 Å². The van der Waals surface area contributed by atoms with E-state index >= 15 is 0 Å². The summed E-state index contributed by atoms with van der Waals surface area (Å²) in [6.45, 7) is 2.07. The van der Waals surface area contributed by atoms with Crippen LogP contribution in [0.15, 0.2) is 16.8 Å². The quantitative estimate of drug-likeness (QED) is 0.199. The lowest BCUT2D eigenvalue weighted by Gasteiger charge is -2.39. The van der Waals surface area contributed by atoms with Gasteiger partial charge in [0.2, 0.25) is 0 Å². The summed E-state index contributed by atoms with van der Waals surface area (Å²) in [5.74, 6) is 0. The van der Waals surface area contributed by atoms with E-state index in [0.29, 0.717) is 0 Å². The van der Waals surface area contributed by atoms with Gasteiger partial charge in [-0.05, 0) is 18.0 Å². The highest BCUT2D eigenvalue weighted by atomic mass is 16.7. The summed E-state index contributed by atoms with van der Waals surface area (Å²) in [5.41, 5.74) is 9.61. The van der Waals surface area contributed by atoms with Crippen LogP contribution in [0.4, 0.5) is 0 Å². The highest BCUT2D eigenvalue weighted by molar-refractivity contribution is 5.20. The standard InChI is InChI=1S/C13H23N3O6/c1-9-5-10(15-16-14)12(21-7-18-3)13(22-8-19-4)11(9)20-6-17-2/h5,10-13H,6-8H2,1-4H3/t10-,11-,12-,13-/m0/s1. The number of rotatable bonds is 10. The van der Waals surface area contributed by atoms with Gasteiger partial charge in [-0.25, -0.2) is 0 Å². The molecule has 9 nitrogen and oxygen atoms in total. The summed E-state index contributed by atoms with van der Waals surface area (Å²) in [4.78, 5) is 2.86. The van der Waals surface area contributed by atoms with E-state index in [-0.39, 0.29) is 20.4 Å². The van der Waals surface area contributed by atoms with E-state index < -0.39 is 24.4 Å². The molecule has 0 unspecified atom stereocenters. The van der Waals surface area contributed by atoms with E-state index in [2.05, 4.69) is 10.0 Å². The Morgan fingerprint density at radius 3 is 2.09 bits per heavy atom. The Kier molecular flexibility index (Phi) is 9.02. The molecule has 0 bridgehead atoms. The Labute approximate surface area is 129 Å². The van der Waals surface area contributed by atoms with Gasteiger partial charge in [-0.2, -0.15) is 0 Å². The molecule has 0 heterocycles. The van der Waals surface area contributed by atoms with Crippen molar-refractivity contribution in [2.45, 2.75) is 31.3 Å². The average Bonchev–Trinajstić information content (AvgIpc) is 2.51. The van der Waals surface area contributed by atoms with Crippen molar-refractivity contribution in [2.24, 2.45) is 5.11 Å². The molecule has 0 saturated carbocycles. The van der Waals surface area contributed by atoms with Gasteiger partial charge in [0.05, 0.1) is 6.04 Å². The van der Waals surface area contributed by atoms with Gasteiger partial charge in [0.25, 0.3) is 0 Å².